The van der Waals surface area contributed by atoms with Gasteiger partial charge in [0.25, 0.3) is 0 Å². The van der Waals surface area contributed by atoms with Gasteiger partial charge in [0, 0.05) is 0 Å². The smallest absolute Gasteiger partial charge is 0.342 e. The Kier molecular flexibility index (Phi) is 3.62. The molecule has 0 fully saturated rings. The van der Waals surface area contributed by atoms with E-state index < -0.39 is 10.2 Å². The van der Waals surface area contributed by atoms with Crippen LogP contribution in [0, 0.1) is 17.0 Å². The van der Waals surface area contributed by atoms with Crippen molar-refractivity contribution in [2.75, 3.05) is 0 Å². The summed E-state index contributed by atoms with van der Waals surface area (Å²) in [4.78, 5) is 14.5. The van der Waals surface area contributed by atoms with E-state index in [-0.39, 0.29) is 5.82 Å². The molecule has 0 bridgehead atoms. The van der Waals surface area contributed by atoms with Crippen LogP contribution in [0.2, 0.25) is 0 Å². The van der Waals surface area contributed by atoms with Gasteiger partial charge in [0.15, 0.2) is 0 Å². The molecule has 0 radical (unpaired) electrons. The second kappa shape index (κ2) is 5.02. The molecule has 0 N–H and O–H groups in total. The largest absolute Gasteiger partial charge is 0.358 e. The Labute approximate surface area is 112 Å². The summed E-state index contributed by atoms with van der Waals surface area (Å²) in [6.45, 7) is 4.13. The average Bonchev–Trinajstić information content (AvgIpc) is 2.93. The molecule has 2 heterocycles. The molecule has 9 heteroatoms. The summed E-state index contributed by atoms with van der Waals surface area (Å²) in [5.41, 5.74) is 0. The quantitative estimate of drug-likeness (QED) is 0.527. The Hall–Kier alpha value is -1.48. The highest BCUT2D eigenvalue weighted by molar-refractivity contribution is 7.80. The molecule has 0 aliphatic rings. The van der Waals surface area contributed by atoms with Gasteiger partial charge in [-0.1, -0.05) is 0 Å². The van der Waals surface area contributed by atoms with Crippen molar-refractivity contribution in [1.29, 1.82) is 0 Å². The van der Waals surface area contributed by atoms with Crippen LogP contribution in [0.25, 0.3) is 0 Å². The monoisotopic (exact) mass is 285 g/mol. The highest BCUT2D eigenvalue weighted by atomic mass is 32.1. The third kappa shape index (κ3) is 2.23. The van der Waals surface area contributed by atoms with E-state index in [1.807, 2.05) is 13.8 Å². The Morgan fingerprint density at radius 3 is 2.83 bits per heavy atom. The first-order chi connectivity index (χ1) is 8.54. The Morgan fingerprint density at radius 1 is 1.61 bits per heavy atom. The lowest BCUT2D eigenvalue weighted by Gasteiger charge is -2.05. The maximum absolute atomic E-state index is 10.9. The standard InChI is InChI=1S/C9H11N5O2S2/c1-3-13-6(14(15)16)4-10-8(13)7(17)9-12-11-5(2)18-9/h4,7,17H,3H2,1-2H3. The normalized spacial score (nSPS) is 12.6. The van der Waals surface area contributed by atoms with Gasteiger partial charge in [-0.3, -0.25) is 0 Å². The molecule has 96 valence electrons. The fraction of sp³-hybridized carbons (Fsp3) is 0.444. The summed E-state index contributed by atoms with van der Waals surface area (Å²) in [6.07, 6.45) is 1.25. The van der Waals surface area contributed by atoms with E-state index in [1.165, 1.54) is 22.1 Å². The number of thiol groups is 1. The molecule has 0 spiro atoms. The molecule has 7 nitrogen and oxygen atoms in total. The molecule has 1 atom stereocenters. The van der Waals surface area contributed by atoms with Crippen LogP contribution in [0.5, 0.6) is 0 Å². The Balaban J connectivity index is 2.42. The van der Waals surface area contributed by atoms with Gasteiger partial charge >= 0.3 is 5.82 Å². The van der Waals surface area contributed by atoms with E-state index in [0.29, 0.717) is 17.4 Å². The van der Waals surface area contributed by atoms with E-state index in [9.17, 15) is 10.1 Å². The summed E-state index contributed by atoms with van der Waals surface area (Å²) in [6, 6.07) is 0. The van der Waals surface area contributed by atoms with Gasteiger partial charge in [0.2, 0.25) is 5.82 Å². The van der Waals surface area contributed by atoms with Crippen molar-refractivity contribution in [3.8, 4) is 0 Å². The molecule has 0 saturated carbocycles. The minimum absolute atomic E-state index is 0.0345. The first-order valence-electron chi connectivity index (χ1n) is 5.22. The first kappa shape index (κ1) is 13.0. The van der Waals surface area contributed by atoms with Crippen LogP contribution in [-0.2, 0) is 6.54 Å². The minimum Gasteiger partial charge on any atom is -0.358 e. The number of imidazole rings is 1. The average molecular weight is 285 g/mol. The van der Waals surface area contributed by atoms with E-state index in [2.05, 4.69) is 27.8 Å². The zero-order valence-corrected chi connectivity index (χ0v) is 11.5. The number of aryl methyl sites for hydroxylation is 1. The Morgan fingerprint density at radius 2 is 2.33 bits per heavy atom. The zero-order chi connectivity index (χ0) is 13.3. The molecular formula is C9H11N5O2S2. The van der Waals surface area contributed by atoms with Gasteiger partial charge in [0.1, 0.15) is 21.5 Å². The lowest BCUT2D eigenvalue weighted by molar-refractivity contribution is -0.392. The molecule has 2 aromatic rings. The van der Waals surface area contributed by atoms with Crippen LogP contribution < -0.4 is 0 Å². The number of nitro groups is 1. The van der Waals surface area contributed by atoms with E-state index in [1.54, 1.807) is 0 Å². The van der Waals surface area contributed by atoms with Crippen molar-refractivity contribution >= 4 is 29.8 Å². The van der Waals surface area contributed by atoms with Crippen LogP contribution >= 0.6 is 24.0 Å². The van der Waals surface area contributed by atoms with Gasteiger partial charge < -0.3 is 10.1 Å². The molecule has 0 saturated heterocycles. The van der Waals surface area contributed by atoms with Crippen LogP contribution in [0.15, 0.2) is 6.20 Å². The van der Waals surface area contributed by atoms with Crippen LogP contribution in [0.3, 0.4) is 0 Å². The van der Waals surface area contributed by atoms with Crippen molar-refractivity contribution in [3.63, 3.8) is 0 Å². The van der Waals surface area contributed by atoms with Crippen LogP contribution in [0.4, 0.5) is 5.82 Å². The van der Waals surface area contributed by atoms with Crippen LogP contribution in [-0.4, -0.2) is 24.7 Å². The summed E-state index contributed by atoms with van der Waals surface area (Å²) in [5, 5.41) is 19.9. The molecule has 2 rings (SSSR count). The second-order valence-electron chi connectivity index (χ2n) is 3.54. The maximum atomic E-state index is 10.9. The molecule has 1 unspecified atom stereocenters. The van der Waals surface area contributed by atoms with E-state index in [0.717, 1.165) is 5.01 Å². The number of rotatable bonds is 4. The van der Waals surface area contributed by atoms with E-state index in [4.69, 9.17) is 0 Å². The topological polar surface area (TPSA) is 86.7 Å². The highest BCUT2D eigenvalue weighted by Crippen LogP contribution is 2.31. The fourth-order valence-corrected chi connectivity index (χ4v) is 2.70. The number of hydrogen-bond acceptors (Lipinski definition) is 7. The van der Waals surface area contributed by atoms with Gasteiger partial charge in [-0.15, -0.1) is 21.5 Å². The molecule has 0 amide bonds. The van der Waals surface area contributed by atoms with Crippen molar-refractivity contribution in [3.05, 3.63) is 32.2 Å². The SMILES string of the molecule is CCn1c([N+](=O)[O-])cnc1C(S)c1nnc(C)s1. The lowest BCUT2D eigenvalue weighted by Crippen LogP contribution is -2.08. The van der Waals surface area contributed by atoms with Crippen molar-refractivity contribution in [2.24, 2.45) is 0 Å². The lowest BCUT2D eigenvalue weighted by atomic mass is 10.4. The van der Waals surface area contributed by atoms with Crippen molar-refractivity contribution in [2.45, 2.75) is 25.6 Å². The highest BCUT2D eigenvalue weighted by Gasteiger charge is 2.27. The number of aromatic nitrogens is 4. The third-order valence-corrected chi connectivity index (χ3v) is 3.94. The first-order valence-corrected chi connectivity index (χ1v) is 6.55. The summed E-state index contributed by atoms with van der Waals surface area (Å²) < 4.78 is 1.52. The molecule has 0 aromatic carbocycles. The second-order valence-corrected chi connectivity index (χ2v) is 5.27. The van der Waals surface area contributed by atoms with Gasteiger partial charge in [-0.05, 0) is 18.8 Å². The molecule has 18 heavy (non-hydrogen) atoms. The third-order valence-electron chi connectivity index (χ3n) is 2.39. The summed E-state index contributed by atoms with van der Waals surface area (Å²) in [7, 11) is 0. The van der Waals surface area contributed by atoms with Crippen LogP contribution in [0.1, 0.15) is 28.0 Å². The van der Waals surface area contributed by atoms with Gasteiger partial charge in [0.05, 0.1) is 6.54 Å². The molecule has 2 aromatic heterocycles. The van der Waals surface area contributed by atoms with Crippen molar-refractivity contribution in [1.82, 2.24) is 19.7 Å². The summed E-state index contributed by atoms with van der Waals surface area (Å²) in [5.74, 6) is 0.483. The molecule has 0 aliphatic carbocycles. The predicted octanol–water partition coefficient (Wildman–Crippen LogP) is 1.99. The number of nitrogens with zero attached hydrogens (tertiary/aromatic N) is 5. The fourth-order valence-electron chi connectivity index (χ4n) is 1.60. The molecule has 0 aliphatic heterocycles. The Bertz CT molecular complexity index is 579. The maximum Gasteiger partial charge on any atom is 0.342 e. The van der Waals surface area contributed by atoms with Crippen molar-refractivity contribution < 1.29 is 4.92 Å². The zero-order valence-electron chi connectivity index (χ0n) is 9.77. The van der Waals surface area contributed by atoms with Gasteiger partial charge in [-0.2, -0.15) is 12.6 Å². The van der Waals surface area contributed by atoms with E-state index >= 15 is 0 Å². The summed E-state index contributed by atoms with van der Waals surface area (Å²) >= 11 is 5.84. The minimum atomic E-state index is -0.453. The number of hydrogen-bond donors (Lipinski definition) is 1. The molecular weight excluding hydrogens is 274 g/mol. The predicted molar refractivity (Wildman–Crippen MR) is 70.0 cm³/mol. The van der Waals surface area contributed by atoms with Gasteiger partial charge in [-0.25, -0.2) is 9.55 Å².